The lowest BCUT2D eigenvalue weighted by atomic mass is 10.0. The standard InChI is InChI=1S/C18H14N4O2S2/c1-10(23)22-5-4-12-13(7-19)18(26-16(12)8-22)21-17(24)11-2-3-14-15(6-11)25-9-20-14/h2-3,6,9H,4-5,8H2,1H3,(H,21,24). The maximum atomic E-state index is 12.6. The van der Waals surface area contributed by atoms with Gasteiger partial charge in [0.25, 0.3) is 5.91 Å². The molecule has 0 saturated heterocycles. The van der Waals surface area contributed by atoms with Crippen LogP contribution in [-0.2, 0) is 17.8 Å². The number of aromatic nitrogens is 1. The van der Waals surface area contributed by atoms with E-state index in [1.165, 1.54) is 22.7 Å². The molecular formula is C18H14N4O2S2. The SMILES string of the molecule is CC(=O)N1CCc2c(sc(NC(=O)c3ccc4ncsc4c3)c2C#N)C1. The average Bonchev–Trinajstić information content (AvgIpc) is 3.23. The van der Waals surface area contributed by atoms with E-state index < -0.39 is 0 Å². The van der Waals surface area contributed by atoms with Gasteiger partial charge in [0.15, 0.2) is 0 Å². The van der Waals surface area contributed by atoms with Crippen molar-refractivity contribution in [1.82, 2.24) is 9.88 Å². The molecule has 0 aliphatic carbocycles. The minimum atomic E-state index is -0.251. The van der Waals surface area contributed by atoms with Gasteiger partial charge >= 0.3 is 0 Å². The molecule has 6 nitrogen and oxygen atoms in total. The minimum absolute atomic E-state index is 0.0194. The van der Waals surface area contributed by atoms with E-state index in [1.807, 2.05) is 6.07 Å². The number of rotatable bonds is 2. The molecule has 1 aromatic carbocycles. The molecular weight excluding hydrogens is 368 g/mol. The zero-order valence-corrected chi connectivity index (χ0v) is 15.5. The van der Waals surface area contributed by atoms with E-state index in [1.54, 1.807) is 29.5 Å². The van der Waals surface area contributed by atoms with E-state index in [0.717, 1.165) is 20.7 Å². The predicted molar refractivity (Wildman–Crippen MR) is 101 cm³/mol. The summed E-state index contributed by atoms with van der Waals surface area (Å²) in [6.45, 7) is 2.64. The Labute approximate surface area is 157 Å². The number of anilines is 1. The quantitative estimate of drug-likeness (QED) is 0.736. The van der Waals surface area contributed by atoms with E-state index >= 15 is 0 Å². The second kappa shape index (κ2) is 6.52. The first-order valence-corrected chi connectivity index (χ1v) is 9.71. The summed E-state index contributed by atoms with van der Waals surface area (Å²) in [6.07, 6.45) is 0.636. The van der Waals surface area contributed by atoms with Gasteiger partial charge in [-0.15, -0.1) is 22.7 Å². The topological polar surface area (TPSA) is 86.1 Å². The second-order valence-corrected chi connectivity index (χ2v) is 7.99. The highest BCUT2D eigenvalue weighted by molar-refractivity contribution is 7.17. The van der Waals surface area contributed by atoms with Crippen LogP contribution in [0.1, 0.15) is 33.3 Å². The number of benzene rings is 1. The van der Waals surface area contributed by atoms with Crippen molar-refractivity contribution in [3.63, 3.8) is 0 Å². The maximum Gasteiger partial charge on any atom is 0.256 e. The van der Waals surface area contributed by atoms with Crippen LogP contribution in [0.3, 0.4) is 0 Å². The molecule has 0 saturated carbocycles. The molecule has 0 radical (unpaired) electrons. The van der Waals surface area contributed by atoms with E-state index in [2.05, 4.69) is 16.4 Å². The summed E-state index contributed by atoms with van der Waals surface area (Å²) in [5.74, 6) is -0.232. The number of nitrogens with zero attached hydrogens (tertiary/aromatic N) is 3. The molecule has 130 valence electrons. The van der Waals surface area contributed by atoms with E-state index in [-0.39, 0.29) is 11.8 Å². The maximum absolute atomic E-state index is 12.6. The first-order chi connectivity index (χ1) is 12.6. The Kier molecular flexibility index (Phi) is 4.18. The molecule has 0 fully saturated rings. The predicted octanol–water partition coefficient (Wildman–Crippen LogP) is 3.39. The van der Waals surface area contributed by atoms with Gasteiger partial charge < -0.3 is 10.2 Å². The van der Waals surface area contributed by atoms with Crippen molar-refractivity contribution < 1.29 is 9.59 Å². The van der Waals surface area contributed by atoms with Gasteiger partial charge in [0.05, 0.1) is 27.8 Å². The van der Waals surface area contributed by atoms with Gasteiger partial charge in [0.1, 0.15) is 11.1 Å². The van der Waals surface area contributed by atoms with Crippen LogP contribution in [0, 0.1) is 11.3 Å². The number of carbonyl (C=O) groups excluding carboxylic acids is 2. The highest BCUT2D eigenvalue weighted by atomic mass is 32.1. The zero-order valence-electron chi connectivity index (χ0n) is 13.9. The Balaban J connectivity index is 1.63. The number of hydrogen-bond acceptors (Lipinski definition) is 6. The molecule has 3 heterocycles. The van der Waals surface area contributed by atoms with Gasteiger partial charge in [-0.25, -0.2) is 4.98 Å². The number of thiazole rings is 1. The van der Waals surface area contributed by atoms with Crippen molar-refractivity contribution >= 4 is 49.7 Å². The van der Waals surface area contributed by atoms with Crippen molar-refractivity contribution in [3.05, 3.63) is 45.3 Å². The van der Waals surface area contributed by atoms with Crippen LogP contribution in [0.15, 0.2) is 23.7 Å². The second-order valence-electron chi connectivity index (χ2n) is 6.00. The largest absolute Gasteiger partial charge is 0.337 e. The highest BCUT2D eigenvalue weighted by Gasteiger charge is 2.26. The summed E-state index contributed by atoms with van der Waals surface area (Å²) in [7, 11) is 0. The number of amides is 2. The molecule has 26 heavy (non-hydrogen) atoms. The lowest BCUT2D eigenvalue weighted by molar-refractivity contribution is -0.129. The normalized spacial score (nSPS) is 13.3. The molecule has 8 heteroatoms. The van der Waals surface area contributed by atoms with Crippen LogP contribution in [0.25, 0.3) is 10.2 Å². The van der Waals surface area contributed by atoms with E-state index in [9.17, 15) is 14.9 Å². The van der Waals surface area contributed by atoms with E-state index in [4.69, 9.17) is 0 Å². The van der Waals surface area contributed by atoms with Crippen molar-refractivity contribution in [1.29, 1.82) is 5.26 Å². The lowest BCUT2D eigenvalue weighted by Gasteiger charge is -2.25. The Bertz CT molecular complexity index is 1080. The fraction of sp³-hybridized carbons (Fsp3) is 0.222. The van der Waals surface area contributed by atoms with Gasteiger partial charge in [-0.2, -0.15) is 5.26 Å². The fourth-order valence-electron chi connectivity index (χ4n) is 3.05. The molecule has 1 aliphatic heterocycles. The fourth-order valence-corrected chi connectivity index (χ4v) is 4.98. The Morgan fingerprint density at radius 1 is 1.38 bits per heavy atom. The van der Waals surface area contributed by atoms with Gasteiger partial charge in [0, 0.05) is 23.9 Å². The third kappa shape index (κ3) is 2.85. The van der Waals surface area contributed by atoms with Crippen molar-refractivity contribution in [3.8, 4) is 6.07 Å². The summed E-state index contributed by atoms with van der Waals surface area (Å²) < 4.78 is 0.945. The summed E-state index contributed by atoms with van der Waals surface area (Å²) in [6, 6.07) is 7.57. The van der Waals surface area contributed by atoms with Crippen molar-refractivity contribution in [2.75, 3.05) is 11.9 Å². The Hall–Kier alpha value is -2.76. The lowest BCUT2D eigenvalue weighted by Crippen LogP contribution is -2.33. The molecule has 2 amide bonds. The van der Waals surface area contributed by atoms with Gasteiger partial charge in [-0.05, 0) is 30.2 Å². The van der Waals surface area contributed by atoms with Gasteiger partial charge in [0.2, 0.25) is 5.91 Å². The third-order valence-electron chi connectivity index (χ3n) is 4.43. The van der Waals surface area contributed by atoms with Crippen LogP contribution < -0.4 is 5.32 Å². The number of hydrogen-bond donors (Lipinski definition) is 1. The number of carbonyl (C=O) groups is 2. The summed E-state index contributed by atoms with van der Waals surface area (Å²) in [5, 5.41) is 13.0. The van der Waals surface area contributed by atoms with Crippen molar-refractivity contribution in [2.24, 2.45) is 0 Å². The number of fused-ring (bicyclic) bond motifs is 2. The van der Waals surface area contributed by atoms with E-state index in [0.29, 0.717) is 35.6 Å². The molecule has 0 bridgehead atoms. The zero-order chi connectivity index (χ0) is 18.3. The Morgan fingerprint density at radius 3 is 3.00 bits per heavy atom. The number of nitrogens with one attached hydrogen (secondary N) is 1. The van der Waals surface area contributed by atoms with Crippen LogP contribution >= 0.6 is 22.7 Å². The smallest absolute Gasteiger partial charge is 0.256 e. The van der Waals surface area contributed by atoms with Gasteiger partial charge in [-0.3, -0.25) is 9.59 Å². The number of nitriles is 1. The third-order valence-corrected chi connectivity index (χ3v) is 6.36. The average molecular weight is 382 g/mol. The summed E-state index contributed by atoms with van der Waals surface area (Å²) in [4.78, 5) is 31.2. The molecule has 4 rings (SSSR count). The Morgan fingerprint density at radius 2 is 2.23 bits per heavy atom. The van der Waals surface area contributed by atoms with Crippen LogP contribution in [-0.4, -0.2) is 28.2 Å². The van der Waals surface area contributed by atoms with Gasteiger partial charge in [-0.1, -0.05) is 0 Å². The summed E-state index contributed by atoms with van der Waals surface area (Å²) in [5.41, 5.74) is 4.60. The van der Waals surface area contributed by atoms with Crippen LogP contribution in [0.4, 0.5) is 5.00 Å². The van der Waals surface area contributed by atoms with Crippen LogP contribution in [0.2, 0.25) is 0 Å². The first kappa shape index (κ1) is 16.7. The monoisotopic (exact) mass is 382 g/mol. The molecule has 0 atom stereocenters. The number of thiophene rings is 1. The van der Waals surface area contributed by atoms with Crippen molar-refractivity contribution in [2.45, 2.75) is 19.9 Å². The highest BCUT2D eigenvalue weighted by Crippen LogP contribution is 2.37. The van der Waals surface area contributed by atoms with Crippen LogP contribution in [0.5, 0.6) is 0 Å². The molecule has 2 aromatic heterocycles. The molecule has 3 aromatic rings. The summed E-state index contributed by atoms with van der Waals surface area (Å²) >= 11 is 2.86. The molecule has 0 unspecified atom stereocenters. The molecule has 1 N–H and O–H groups in total. The molecule has 0 spiro atoms. The minimum Gasteiger partial charge on any atom is -0.337 e. The first-order valence-electron chi connectivity index (χ1n) is 8.01. The molecule has 1 aliphatic rings.